The summed E-state index contributed by atoms with van der Waals surface area (Å²) in [5.74, 6) is -0.0479. The van der Waals surface area contributed by atoms with Crippen LogP contribution in [0.25, 0.3) is 10.2 Å². The average Bonchev–Trinajstić information content (AvgIpc) is 3.13. The largest absolute Gasteiger partial charge is 0.348 e. The topological polar surface area (TPSA) is 54.9 Å². The summed E-state index contributed by atoms with van der Waals surface area (Å²) in [4.78, 5) is 21.7. The van der Waals surface area contributed by atoms with Crippen molar-refractivity contribution in [2.45, 2.75) is 51.5 Å². The van der Waals surface area contributed by atoms with Gasteiger partial charge in [0.2, 0.25) is 0 Å². The Labute approximate surface area is 157 Å². The second-order valence-electron chi connectivity index (χ2n) is 7.09. The number of aromatic nitrogens is 2. The van der Waals surface area contributed by atoms with Gasteiger partial charge in [0.25, 0.3) is 5.91 Å². The van der Waals surface area contributed by atoms with E-state index in [2.05, 4.69) is 21.4 Å². The van der Waals surface area contributed by atoms with Crippen LogP contribution in [0.15, 0.2) is 35.8 Å². The molecule has 1 aliphatic carbocycles. The average molecular weight is 366 g/mol. The second-order valence-corrected chi connectivity index (χ2v) is 8.01. The summed E-state index contributed by atoms with van der Waals surface area (Å²) >= 11 is 1.68. The van der Waals surface area contributed by atoms with Gasteiger partial charge in [-0.25, -0.2) is 4.98 Å². The summed E-state index contributed by atoms with van der Waals surface area (Å²) in [6, 6.07) is 8.37. The van der Waals surface area contributed by atoms with E-state index in [1.165, 1.54) is 19.3 Å². The highest BCUT2D eigenvalue weighted by Gasteiger charge is 2.19. The number of rotatable bonds is 4. The van der Waals surface area contributed by atoms with Crippen molar-refractivity contribution >= 4 is 27.5 Å². The third-order valence-corrected chi connectivity index (χ3v) is 6.01. The molecule has 1 saturated carbocycles. The van der Waals surface area contributed by atoms with Crippen LogP contribution in [-0.4, -0.2) is 21.9 Å². The molecule has 4 nitrogen and oxygen atoms in total. The Morgan fingerprint density at radius 1 is 1.23 bits per heavy atom. The van der Waals surface area contributed by atoms with Crippen LogP contribution in [0.1, 0.15) is 59.4 Å². The molecule has 1 aliphatic rings. The highest BCUT2D eigenvalue weighted by atomic mass is 32.1. The number of hydrogen-bond acceptors (Lipinski definition) is 4. The van der Waals surface area contributed by atoms with E-state index in [9.17, 15) is 4.79 Å². The maximum absolute atomic E-state index is 12.7. The maximum Gasteiger partial charge on any atom is 0.270 e. The molecule has 3 heterocycles. The Bertz CT molecular complexity index is 911. The minimum Gasteiger partial charge on any atom is -0.348 e. The molecule has 0 spiro atoms. The number of carbonyl (C=O) groups excluding carboxylic acids is 1. The molecule has 0 bridgehead atoms. The number of fused-ring (bicyclic) bond motifs is 1. The lowest BCUT2D eigenvalue weighted by Gasteiger charge is -2.22. The Morgan fingerprint density at radius 2 is 2.08 bits per heavy atom. The van der Waals surface area contributed by atoms with E-state index in [0.717, 1.165) is 46.3 Å². The third-order valence-electron chi connectivity index (χ3n) is 5.03. The van der Waals surface area contributed by atoms with Crippen LogP contribution in [0.5, 0.6) is 0 Å². The Balaban J connectivity index is 1.61. The van der Waals surface area contributed by atoms with Crippen LogP contribution in [0.2, 0.25) is 0 Å². The van der Waals surface area contributed by atoms with Crippen molar-refractivity contribution in [1.82, 2.24) is 15.3 Å². The zero-order valence-corrected chi connectivity index (χ0v) is 15.8. The molecule has 1 N–H and O–H groups in total. The molecule has 4 rings (SSSR count). The second kappa shape index (κ2) is 7.54. The zero-order chi connectivity index (χ0) is 17.9. The SMILES string of the molecule is Cc1ccc(Cc2cc(C(=O)NC3CCCCC3)nc3ccsc23)cn1. The predicted octanol–water partition coefficient (Wildman–Crippen LogP) is 4.65. The molecule has 0 atom stereocenters. The Kier molecular flexibility index (Phi) is 4.98. The van der Waals surface area contributed by atoms with Gasteiger partial charge in [-0.1, -0.05) is 25.3 Å². The van der Waals surface area contributed by atoms with E-state index in [1.807, 2.05) is 36.7 Å². The van der Waals surface area contributed by atoms with E-state index in [4.69, 9.17) is 0 Å². The molecule has 0 radical (unpaired) electrons. The number of amides is 1. The van der Waals surface area contributed by atoms with E-state index < -0.39 is 0 Å². The summed E-state index contributed by atoms with van der Waals surface area (Å²) in [7, 11) is 0. The summed E-state index contributed by atoms with van der Waals surface area (Å²) in [5, 5.41) is 5.22. The molecular formula is C21H23N3OS. The fourth-order valence-corrected chi connectivity index (χ4v) is 4.45. The van der Waals surface area contributed by atoms with Gasteiger partial charge < -0.3 is 5.32 Å². The van der Waals surface area contributed by atoms with E-state index >= 15 is 0 Å². The first-order valence-electron chi connectivity index (χ1n) is 9.28. The van der Waals surface area contributed by atoms with Gasteiger partial charge in [-0.2, -0.15) is 0 Å². The van der Waals surface area contributed by atoms with Gasteiger partial charge in [0.15, 0.2) is 0 Å². The molecule has 0 unspecified atom stereocenters. The number of aryl methyl sites for hydroxylation is 1. The number of hydrogen-bond donors (Lipinski definition) is 1. The molecule has 5 heteroatoms. The predicted molar refractivity (Wildman–Crippen MR) is 106 cm³/mol. The lowest BCUT2D eigenvalue weighted by atomic mass is 9.95. The van der Waals surface area contributed by atoms with Crippen molar-refractivity contribution in [2.75, 3.05) is 0 Å². The molecule has 0 saturated heterocycles. The number of nitrogens with zero attached hydrogens (tertiary/aromatic N) is 2. The van der Waals surface area contributed by atoms with E-state index in [0.29, 0.717) is 11.7 Å². The first-order chi connectivity index (χ1) is 12.7. The van der Waals surface area contributed by atoms with Gasteiger partial charge in [0.05, 0.1) is 10.2 Å². The lowest BCUT2D eigenvalue weighted by Crippen LogP contribution is -2.36. The van der Waals surface area contributed by atoms with Crippen LogP contribution in [0.3, 0.4) is 0 Å². The molecule has 134 valence electrons. The normalized spacial score (nSPS) is 15.3. The molecule has 26 heavy (non-hydrogen) atoms. The Morgan fingerprint density at radius 3 is 2.85 bits per heavy atom. The van der Waals surface area contributed by atoms with Crippen molar-refractivity contribution in [3.05, 3.63) is 58.4 Å². The van der Waals surface area contributed by atoms with Crippen LogP contribution in [-0.2, 0) is 6.42 Å². The molecule has 1 fully saturated rings. The van der Waals surface area contributed by atoms with Gasteiger partial charge in [0, 0.05) is 24.4 Å². The maximum atomic E-state index is 12.7. The smallest absolute Gasteiger partial charge is 0.270 e. The van der Waals surface area contributed by atoms with Crippen molar-refractivity contribution in [3.8, 4) is 0 Å². The van der Waals surface area contributed by atoms with Crippen molar-refractivity contribution in [1.29, 1.82) is 0 Å². The summed E-state index contributed by atoms with van der Waals surface area (Å²) in [6.07, 6.45) is 8.51. The molecule has 3 aromatic rings. The lowest BCUT2D eigenvalue weighted by molar-refractivity contribution is 0.0923. The van der Waals surface area contributed by atoms with Crippen molar-refractivity contribution in [2.24, 2.45) is 0 Å². The third kappa shape index (κ3) is 3.78. The molecular weight excluding hydrogens is 342 g/mol. The highest BCUT2D eigenvalue weighted by molar-refractivity contribution is 7.17. The first-order valence-corrected chi connectivity index (χ1v) is 10.2. The quantitative estimate of drug-likeness (QED) is 0.732. The summed E-state index contributed by atoms with van der Waals surface area (Å²) in [6.45, 7) is 1.99. The first kappa shape index (κ1) is 17.2. The number of nitrogens with one attached hydrogen (secondary N) is 1. The number of thiophene rings is 1. The van der Waals surface area contributed by atoms with Crippen LogP contribution in [0.4, 0.5) is 0 Å². The highest BCUT2D eigenvalue weighted by Crippen LogP contribution is 2.26. The molecule has 3 aromatic heterocycles. The number of carbonyl (C=O) groups is 1. The summed E-state index contributed by atoms with van der Waals surface area (Å²) in [5.41, 5.74) is 4.73. The zero-order valence-electron chi connectivity index (χ0n) is 15.0. The number of pyridine rings is 2. The van der Waals surface area contributed by atoms with E-state index in [-0.39, 0.29) is 5.91 Å². The monoisotopic (exact) mass is 365 g/mol. The van der Waals surface area contributed by atoms with Gasteiger partial charge in [-0.3, -0.25) is 9.78 Å². The van der Waals surface area contributed by atoms with Gasteiger partial charge >= 0.3 is 0 Å². The van der Waals surface area contributed by atoms with Crippen LogP contribution >= 0.6 is 11.3 Å². The fraction of sp³-hybridized carbons (Fsp3) is 0.381. The van der Waals surface area contributed by atoms with Crippen molar-refractivity contribution < 1.29 is 4.79 Å². The van der Waals surface area contributed by atoms with E-state index in [1.54, 1.807) is 11.3 Å². The minimum absolute atomic E-state index is 0.0479. The van der Waals surface area contributed by atoms with Gasteiger partial charge in [0.1, 0.15) is 5.69 Å². The molecule has 0 aliphatic heterocycles. The minimum atomic E-state index is -0.0479. The fourth-order valence-electron chi connectivity index (χ4n) is 3.60. The van der Waals surface area contributed by atoms with Crippen molar-refractivity contribution in [3.63, 3.8) is 0 Å². The summed E-state index contributed by atoms with van der Waals surface area (Å²) < 4.78 is 1.15. The van der Waals surface area contributed by atoms with Gasteiger partial charge in [-0.05, 0) is 54.5 Å². The molecule has 1 amide bonds. The molecule has 0 aromatic carbocycles. The van der Waals surface area contributed by atoms with Crippen LogP contribution in [0, 0.1) is 6.92 Å². The van der Waals surface area contributed by atoms with Gasteiger partial charge in [-0.15, -0.1) is 11.3 Å². The van der Waals surface area contributed by atoms with Crippen LogP contribution < -0.4 is 5.32 Å². The Hall–Kier alpha value is -2.27. The standard InChI is InChI=1S/C21H23N3OS/c1-14-7-8-15(13-22-14)11-16-12-19(24-18-9-10-26-20(16)18)21(25)23-17-5-3-2-4-6-17/h7-10,12-13,17H,2-6,11H2,1H3,(H,23,25).